The van der Waals surface area contributed by atoms with Crippen LogP contribution in [-0.4, -0.2) is 42.5 Å². The van der Waals surface area contributed by atoms with Crippen molar-refractivity contribution in [3.8, 4) is 0 Å². The number of carbonyl (C=O) groups is 2. The van der Waals surface area contributed by atoms with Crippen LogP contribution in [0.25, 0.3) is 0 Å². The van der Waals surface area contributed by atoms with Crippen LogP contribution in [0.15, 0.2) is 12.7 Å². The Morgan fingerprint density at radius 1 is 1.47 bits per heavy atom. The smallest absolute Gasteiger partial charge is 0.407 e. The first-order valence-electron chi connectivity index (χ1n) is 6.41. The number of carboxylic acid groups (broad SMARTS) is 1. The molecule has 1 heterocycles. The number of nitrogens with one attached hydrogen (secondary N) is 1. The zero-order chi connectivity index (χ0) is 13.9. The second-order valence-corrected chi connectivity index (χ2v) is 5.33. The van der Waals surface area contributed by atoms with Gasteiger partial charge in [0.05, 0.1) is 17.6 Å². The molecule has 1 amide bonds. The maximum atomic E-state index is 11.4. The van der Waals surface area contributed by atoms with Crippen LogP contribution < -0.4 is 5.32 Å². The topological polar surface area (TPSA) is 84.9 Å². The molecular formula is C13H19NO5. The van der Waals surface area contributed by atoms with Gasteiger partial charge in [0.2, 0.25) is 0 Å². The van der Waals surface area contributed by atoms with Gasteiger partial charge in [-0.25, -0.2) is 4.79 Å². The summed E-state index contributed by atoms with van der Waals surface area (Å²) in [5.74, 6) is -0.802. The lowest BCUT2D eigenvalue weighted by Gasteiger charge is -2.34. The van der Waals surface area contributed by atoms with Crippen molar-refractivity contribution < 1.29 is 24.2 Å². The van der Waals surface area contributed by atoms with Crippen LogP contribution >= 0.6 is 0 Å². The van der Waals surface area contributed by atoms with E-state index in [0.29, 0.717) is 12.8 Å². The molecule has 0 spiro atoms. The molecule has 106 valence electrons. The van der Waals surface area contributed by atoms with Crippen molar-refractivity contribution >= 4 is 12.1 Å². The van der Waals surface area contributed by atoms with Gasteiger partial charge in [-0.2, -0.15) is 0 Å². The van der Waals surface area contributed by atoms with E-state index in [1.165, 1.54) is 6.08 Å². The lowest BCUT2D eigenvalue weighted by Crippen LogP contribution is -2.46. The maximum Gasteiger partial charge on any atom is 0.407 e. The average molecular weight is 269 g/mol. The molecule has 1 aliphatic heterocycles. The molecule has 2 N–H and O–H groups in total. The number of hydrogen-bond donors (Lipinski definition) is 2. The minimum atomic E-state index is -0.802. The van der Waals surface area contributed by atoms with E-state index in [1.54, 1.807) is 0 Å². The molecule has 0 radical (unpaired) electrons. The number of rotatable bonds is 5. The molecule has 1 saturated heterocycles. The Hall–Kier alpha value is -1.56. The number of alkyl carbamates (subject to hydrolysis) is 1. The van der Waals surface area contributed by atoms with E-state index in [9.17, 15) is 14.7 Å². The van der Waals surface area contributed by atoms with Crippen molar-refractivity contribution in [3.63, 3.8) is 0 Å². The number of carboxylic acids is 1. The molecule has 1 saturated carbocycles. The van der Waals surface area contributed by atoms with Crippen molar-refractivity contribution in [2.45, 2.75) is 31.3 Å². The molecule has 2 unspecified atom stereocenters. The minimum absolute atomic E-state index is 0.152. The van der Waals surface area contributed by atoms with Gasteiger partial charge < -0.3 is 19.9 Å². The molecule has 0 aromatic rings. The van der Waals surface area contributed by atoms with E-state index in [1.807, 2.05) is 0 Å². The Morgan fingerprint density at radius 3 is 2.95 bits per heavy atom. The molecule has 2 aliphatic rings. The van der Waals surface area contributed by atoms with E-state index in [-0.39, 0.29) is 19.8 Å². The normalized spacial score (nSPS) is 32.6. The van der Waals surface area contributed by atoms with Crippen LogP contribution in [0, 0.1) is 5.41 Å². The van der Waals surface area contributed by atoms with Crippen molar-refractivity contribution in [2.75, 3.05) is 19.8 Å². The summed E-state index contributed by atoms with van der Waals surface area (Å²) in [5, 5.41) is 12.0. The zero-order valence-corrected chi connectivity index (χ0v) is 10.8. The molecule has 1 aliphatic carbocycles. The van der Waals surface area contributed by atoms with E-state index in [2.05, 4.69) is 11.9 Å². The highest BCUT2D eigenvalue weighted by Gasteiger charge is 2.56. The van der Waals surface area contributed by atoms with Crippen LogP contribution in [0.4, 0.5) is 4.79 Å². The van der Waals surface area contributed by atoms with Crippen molar-refractivity contribution in [3.05, 3.63) is 12.7 Å². The van der Waals surface area contributed by atoms with Crippen molar-refractivity contribution in [1.29, 1.82) is 0 Å². The Kier molecular flexibility index (Phi) is 3.80. The average Bonchev–Trinajstić information content (AvgIpc) is 2.67. The first-order chi connectivity index (χ1) is 9.02. The van der Waals surface area contributed by atoms with Gasteiger partial charge in [-0.05, 0) is 25.7 Å². The third-order valence-electron chi connectivity index (χ3n) is 3.94. The van der Waals surface area contributed by atoms with E-state index in [4.69, 9.17) is 9.47 Å². The zero-order valence-electron chi connectivity index (χ0n) is 10.8. The van der Waals surface area contributed by atoms with E-state index >= 15 is 0 Å². The Balaban J connectivity index is 1.92. The van der Waals surface area contributed by atoms with Gasteiger partial charge in [0.1, 0.15) is 6.61 Å². The third-order valence-corrected chi connectivity index (χ3v) is 3.94. The summed E-state index contributed by atoms with van der Waals surface area (Å²) >= 11 is 0. The lowest BCUT2D eigenvalue weighted by atomic mass is 9.70. The van der Waals surface area contributed by atoms with Gasteiger partial charge in [0, 0.05) is 6.54 Å². The maximum absolute atomic E-state index is 11.4. The van der Waals surface area contributed by atoms with Gasteiger partial charge in [0.25, 0.3) is 0 Å². The van der Waals surface area contributed by atoms with E-state index < -0.39 is 23.1 Å². The summed E-state index contributed by atoms with van der Waals surface area (Å²) in [6, 6.07) is 0. The Morgan fingerprint density at radius 2 is 2.26 bits per heavy atom. The first-order valence-corrected chi connectivity index (χ1v) is 6.41. The lowest BCUT2D eigenvalue weighted by molar-refractivity contribution is -0.149. The number of hydrogen-bond acceptors (Lipinski definition) is 4. The number of fused-ring (bicyclic) bond motifs is 2. The third kappa shape index (κ3) is 2.73. The highest BCUT2D eigenvalue weighted by atomic mass is 16.5. The second kappa shape index (κ2) is 5.21. The summed E-state index contributed by atoms with van der Waals surface area (Å²) in [5.41, 5.74) is -1.32. The van der Waals surface area contributed by atoms with Crippen LogP contribution in [0.3, 0.4) is 0 Å². The largest absolute Gasteiger partial charge is 0.481 e. The van der Waals surface area contributed by atoms with E-state index in [0.717, 1.165) is 12.8 Å². The second-order valence-electron chi connectivity index (χ2n) is 5.33. The predicted octanol–water partition coefficient (Wildman–Crippen LogP) is 1.31. The standard InChI is InChI=1S/C13H19NO5/c1-2-6-18-11(17)14-8-13-5-3-4-12(7-13,9-19-13)10(15)16/h2H,1,3-9H2,(H,14,17)(H,15,16). The molecule has 6 heteroatoms. The summed E-state index contributed by atoms with van der Waals surface area (Å²) < 4.78 is 10.5. The number of ether oxygens (including phenoxy) is 2. The fourth-order valence-electron chi connectivity index (χ4n) is 2.95. The molecule has 2 rings (SSSR count). The fourth-order valence-corrected chi connectivity index (χ4v) is 2.95. The van der Waals surface area contributed by atoms with Crippen LogP contribution in [0.1, 0.15) is 25.7 Å². The highest BCUT2D eigenvalue weighted by molar-refractivity contribution is 5.75. The van der Waals surface area contributed by atoms with Crippen molar-refractivity contribution in [2.24, 2.45) is 5.41 Å². The van der Waals surface area contributed by atoms with Gasteiger partial charge in [-0.3, -0.25) is 4.79 Å². The number of amides is 1. The van der Waals surface area contributed by atoms with Gasteiger partial charge in [0.15, 0.2) is 0 Å². The summed E-state index contributed by atoms with van der Waals surface area (Å²) in [4.78, 5) is 22.7. The van der Waals surface area contributed by atoms with Gasteiger partial charge in [-0.1, -0.05) is 12.7 Å². The number of carbonyl (C=O) groups excluding carboxylic acids is 1. The van der Waals surface area contributed by atoms with Crippen molar-refractivity contribution in [1.82, 2.24) is 5.32 Å². The fraction of sp³-hybridized carbons (Fsp3) is 0.692. The van der Waals surface area contributed by atoms with Gasteiger partial charge in [-0.15, -0.1) is 0 Å². The molecule has 2 atom stereocenters. The SMILES string of the molecule is C=CCOC(=O)NCC12CCCC(C(=O)O)(CO1)C2. The minimum Gasteiger partial charge on any atom is -0.481 e. The van der Waals surface area contributed by atoms with Crippen LogP contribution in [0.5, 0.6) is 0 Å². The molecule has 19 heavy (non-hydrogen) atoms. The predicted molar refractivity (Wildman–Crippen MR) is 66.8 cm³/mol. The monoisotopic (exact) mass is 269 g/mol. The molecule has 0 aromatic carbocycles. The molecule has 6 nitrogen and oxygen atoms in total. The number of aliphatic carboxylic acids is 1. The molecule has 2 bridgehead atoms. The highest BCUT2D eigenvalue weighted by Crippen LogP contribution is 2.49. The first kappa shape index (κ1) is 13.9. The Bertz CT molecular complexity index is 396. The molecule has 0 aromatic heterocycles. The van der Waals surface area contributed by atoms with Crippen LogP contribution in [0.2, 0.25) is 0 Å². The Labute approximate surface area is 111 Å². The molecule has 2 fully saturated rings. The van der Waals surface area contributed by atoms with Crippen LogP contribution in [-0.2, 0) is 14.3 Å². The molecular weight excluding hydrogens is 250 g/mol. The quantitative estimate of drug-likeness (QED) is 0.735. The summed E-state index contributed by atoms with van der Waals surface area (Å²) in [6.07, 6.45) is 3.62. The van der Waals surface area contributed by atoms with Gasteiger partial charge >= 0.3 is 12.1 Å². The summed E-state index contributed by atoms with van der Waals surface area (Å²) in [7, 11) is 0. The summed E-state index contributed by atoms with van der Waals surface area (Å²) in [6.45, 7) is 4.12.